The van der Waals surface area contributed by atoms with Crippen LogP contribution in [0.5, 0.6) is 0 Å². The third kappa shape index (κ3) is 7.88. The van der Waals surface area contributed by atoms with Crippen molar-refractivity contribution < 1.29 is 9.84 Å². The molecule has 25 heavy (non-hydrogen) atoms. The van der Waals surface area contributed by atoms with Crippen molar-refractivity contribution >= 4 is 17.3 Å². The first-order chi connectivity index (χ1) is 12.3. The van der Waals surface area contributed by atoms with E-state index in [2.05, 4.69) is 10.6 Å². The van der Waals surface area contributed by atoms with E-state index >= 15 is 0 Å². The Morgan fingerprint density at radius 3 is 2.60 bits per heavy atom. The number of aliphatic hydroxyl groups is 1. The van der Waals surface area contributed by atoms with Gasteiger partial charge in [-0.2, -0.15) is 0 Å². The molecule has 0 saturated heterocycles. The molecule has 0 spiro atoms. The third-order valence-corrected chi connectivity index (χ3v) is 4.22. The monoisotopic (exact) mass is 362 g/mol. The predicted molar refractivity (Wildman–Crippen MR) is 104 cm³/mol. The highest BCUT2D eigenvalue weighted by Gasteiger charge is 2.01. The number of aliphatic hydroxyl groups excluding tert-OH is 1. The maximum absolute atomic E-state index is 9.17. The van der Waals surface area contributed by atoms with Gasteiger partial charge in [-0.15, -0.1) is 0 Å². The Balaban J connectivity index is 1.46. The lowest BCUT2D eigenvalue weighted by atomic mass is 10.1. The lowest BCUT2D eigenvalue weighted by Crippen LogP contribution is -2.16. The van der Waals surface area contributed by atoms with Gasteiger partial charge >= 0.3 is 0 Å². The molecule has 3 N–H and O–H groups in total. The molecule has 0 aromatic heterocycles. The van der Waals surface area contributed by atoms with Gasteiger partial charge < -0.3 is 20.5 Å². The summed E-state index contributed by atoms with van der Waals surface area (Å²) in [6.45, 7) is 3.99. The van der Waals surface area contributed by atoms with Gasteiger partial charge in [-0.05, 0) is 48.7 Å². The fraction of sp³-hybridized carbons (Fsp3) is 0.400. The molecule has 0 bridgehead atoms. The molecule has 0 aliphatic rings. The first kappa shape index (κ1) is 19.7. The molecule has 0 aliphatic heterocycles. The zero-order valence-corrected chi connectivity index (χ0v) is 15.3. The number of anilines is 1. The number of unbranched alkanes of at least 4 members (excludes halogenated alkanes) is 1. The van der Waals surface area contributed by atoms with Gasteiger partial charge in [0.1, 0.15) is 0 Å². The second kappa shape index (κ2) is 11.9. The predicted octanol–water partition coefficient (Wildman–Crippen LogP) is 3.83. The largest absolute Gasteiger partial charge is 0.392 e. The van der Waals surface area contributed by atoms with Crippen LogP contribution < -0.4 is 10.6 Å². The molecule has 0 heterocycles. The van der Waals surface area contributed by atoms with Crippen LogP contribution in [0.2, 0.25) is 5.02 Å². The maximum atomic E-state index is 9.17. The molecule has 0 unspecified atom stereocenters. The van der Waals surface area contributed by atoms with Crippen molar-refractivity contribution in [2.24, 2.45) is 0 Å². The zero-order chi connectivity index (χ0) is 17.7. The normalized spacial score (nSPS) is 10.8. The van der Waals surface area contributed by atoms with Gasteiger partial charge in [0.05, 0.1) is 13.2 Å². The third-order valence-electron chi connectivity index (χ3n) is 3.85. The standard InChI is InChI=1S/C20H27ClN2O2/c21-20-9-8-17(16-24)14-18(20)15-22-10-4-5-12-25-13-11-23-19-6-2-1-3-7-19/h1-3,6-9,14,22-24H,4-5,10-13,15-16H2. The maximum Gasteiger partial charge on any atom is 0.0681 e. The van der Waals surface area contributed by atoms with E-state index in [0.717, 1.165) is 54.4 Å². The Morgan fingerprint density at radius 1 is 0.960 bits per heavy atom. The molecule has 0 fully saturated rings. The number of para-hydroxylation sites is 1. The van der Waals surface area contributed by atoms with Gasteiger partial charge in [0.2, 0.25) is 0 Å². The first-order valence-electron chi connectivity index (χ1n) is 8.75. The van der Waals surface area contributed by atoms with E-state index in [0.29, 0.717) is 13.2 Å². The van der Waals surface area contributed by atoms with Crippen LogP contribution in [0.4, 0.5) is 5.69 Å². The lowest BCUT2D eigenvalue weighted by Gasteiger charge is -2.09. The number of nitrogens with one attached hydrogen (secondary N) is 2. The molecule has 5 heteroatoms. The quantitative estimate of drug-likeness (QED) is 0.502. The minimum atomic E-state index is 0.0423. The molecule has 4 nitrogen and oxygen atoms in total. The molecular weight excluding hydrogens is 336 g/mol. The van der Waals surface area contributed by atoms with E-state index in [1.165, 1.54) is 0 Å². The summed E-state index contributed by atoms with van der Waals surface area (Å²) in [5.74, 6) is 0. The fourth-order valence-electron chi connectivity index (χ4n) is 2.46. The number of benzene rings is 2. The smallest absolute Gasteiger partial charge is 0.0681 e. The second-order valence-corrected chi connectivity index (χ2v) is 6.28. The van der Waals surface area contributed by atoms with E-state index < -0.39 is 0 Å². The van der Waals surface area contributed by atoms with Crippen molar-refractivity contribution in [2.75, 3.05) is 31.6 Å². The van der Waals surface area contributed by atoms with Gasteiger partial charge in [-0.25, -0.2) is 0 Å². The molecule has 2 aromatic carbocycles. The van der Waals surface area contributed by atoms with E-state index in [9.17, 15) is 0 Å². The van der Waals surface area contributed by atoms with E-state index in [1.807, 2.05) is 48.5 Å². The van der Waals surface area contributed by atoms with Crippen LogP contribution in [0.15, 0.2) is 48.5 Å². The molecule has 136 valence electrons. The molecule has 0 saturated carbocycles. The Morgan fingerprint density at radius 2 is 1.80 bits per heavy atom. The summed E-state index contributed by atoms with van der Waals surface area (Å²) >= 11 is 6.16. The van der Waals surface area contributed by atoms with Crippen molar-refractivity contribution in [3.63, 3.8) is 0 Å². The van der Waals surface area contributed by atoms with Gasteiger partial charge in [-0.1, -0.05) is 41.9 Å². The van der Waals surface area contributed by atoms with E-state index in [4.69, 9.17) is 21.4 Å². The highest BCUT2D eigenvalue weighted by Crippen LogP contribution is 2.17. The number of halogens is 1. The second-order valence-electron chi connectivity index (χ2n) is 5.87. The summed E-state index contributed by atoms with van der Waals surface area (Å²) in [6, 6.07) is 15.8. The summed E-state index contributed by atoms with van der Waals surface area (Å²) in [7, 11) is 0. The molecule has 0 amide bonds. The van der Waals surface area contributed by atoms with Gasteiger partial charge in [0, 0.05) is 30.4 Å². The number of rotatable bonds is 12. The van der Waals surface area contributed by atoms with Crippen molar-refractivity contribution in [1.82, 2.24) is 5.32 Å². The van der Waals surface area contributed by atoms with Crippen LogP contribution in [0.1, 0.15) is 24.0 Å². The van der Waals surface area contributed by atoms with Crippen LogP contribution in [-0.4, -0.2) is 31.4 Å². The van der Waals surface area contributed by atoms with Gasteiger partial charge in [0.15, 0.2) is 0 Å². The average Bonchev–Trinajstić information content (AvgIpc) is 2.65. The Hall–Kier alpha value is -1.59. The number of hydrogen-bond donors (Lipinski definition) is 3. The van der Waals surface area contributed by atoms with E-state index in [1.54, 1.807) is 0 Å². The summed E-state index contributed by atoms with van der Waals surface area (Å²) in [5.41, 5.74) is 3.04. The summed E-state index contributed by atoms with van der Waals surface area (Å²) in [4.78, 5) is 0. The van der Waals surface area contributed by atoms with Gasteiger partial charge in [-0.3, -0.25) is 0 Å². The van der Waals surface area contributed by atoms with Crippen molar-refractivity contribution in [1.29, 1.82) is 0 Å². The average molecular weight is 363 g/mol. The Bertz CT molecular complexity index is 608. The highest BCUT2D eigenvalue weighted by molar-refractivity contribution is 6.31. The van der Waals surface area contributed by atoms with Crippen LogP contribution >= 0.6 is 11.6 Å². The van der Waals surface area contributed by atoms with Crippen LogP contribution in [0.3, 0.4) is 0 Å². The zero-order valence-electron chi connectivity index (χ0n) is 14.5. The topological polar surface area (TPSA) is 53.5 Å². The SMILES string of the molecule is OCc1ccc(Cl)c(CNCCCCOCCNc2ccccc2)c1. The van der Waals surface area contributed by atoms with Crippen molar-refractivity contribution in [3.05, 3.63) is 64.7 Å². The minimum Gasteiger partial charge on any atom is -0.392 e. The van der Waals surface area contributed by atoms with Gasteiger partial charge in [0.25, 0.3) is 0 Å². The van der Waals surface area contributed by atoms with Crippen molar-refractivity contribution in [2.45, 2.75) is 26.0 Å². The molecule has 2 aromatic rings. The Kier molecular flexibility index (Phi) is 9.37. The first-order valence-corrected chi connectivity index (χ1v) is 9.13. The molecule has 0 atom stereocenters. The highest BCUT2D eigenvalue weighted by atomic mass is 35.5. The summed E-state index contributed by atoms with van der Waals surface area (Å²) < 4.78 is 5.63. The van der Waals surface area contributed by atoms with Crippen LogP contribution in [-0.2, 0) is 17.9 Å². The lowest BCUT2D eigenvalue weighted by molar-refractivity contribution is 0.140. The number of hydrogen-bond acceptors (Lipinski definition) is 4. The van der Waals surface area contributed by atoms with Crippen LogP contribution in [0, 0.1) is 0 Å². The molecular formula is C20H27ClN2O2. The Labute approximate surface area is 155 Å². The number of ether oxygens (including phenoxy) is 1. The summed E-state index contributed by atoms with van der Waals surface area (Å²) in [5, 5.41) is 16.6. The summed E-state index contributed by atoms with van der Waals surface area (Å²) in [6.07, 6.45) is 2.09. The molecule has 0 radical (unpaired) electrons. The minimum absolute atomic E-state index is 0.0423. The van der Waals surface area contributed by atoms with Crippen molar-refractivity contribution in [3.8, 4) is 0 Å². The van der Waals surface area contributed by atoms with E-state index in [-0.39, 0.29) is 6.61 Å². The van der Waals surface area contributed by atoms with Crippen LogP contribution in [0.25, 0.3) is 0 Å². The molecule has 2 rings (SSSR count). The fourth-order valence-corrected chi connectivity index (χ4v) is 2.65. The molecule has 0 aliphatic carbocycles.